The SMILES string of the molecule is Cc1cn2cc(C(C)C)nc2o1. The van der Waals surface area contributed by atoms with E-state index in [0.717, 1.165) is 11.5 Å². The summed E-state index contributed by atoms with van der Waals surface area (Å²) in [5, 5.41) is 0. The molecule has 0 saturated heterocycles. The molecule has 0 amide bonds. The van der Waals surface area contributed by atoms with Gasteiger partial charge in [-0.15, -0.1) is 0 Å². The highest BCUT2D eigenvalue weighted by Crippen LogP contribution is 2.15. The monoisotopic (exact) mass is 164 g/mol. The van der Waals surface area contributed by atoms with Crippen LogP contribution in [0.3, 0.4) is 0 Å². The van der Waals surface area contributed by atoms with E-state index in [2.05, 4.69) is 18.8 Å². The van der Waals surface area contributed by atoms with Gasteiger partial charge in [0.15, 0.2) is 0 Å². The second-order valence-electron chi connectivity index (χ2n) is 3.35. The van der Waals surface area contributed by atoms with Crippen molar-refractivity contribution in [3.05, 3.63) is 23.8 Å². The highest BCUT2D eigenvalue weighted by molar-refractivity contribution is 5.28. The van der Waals surface area contributed by atoms with Crippen LogP contribution in [-0.4, -0.2) is 9.38 Å². The Hall–Kier alpha value is -1.25. The molecule has 2 aromatic heterocycles. The first kappa shape index (κ1) is 7.40. The van der Waals surface area contributed by atoms with Crippen molar-refractivity contribution in [2.24, 2.45) is 0 Å². The van der Waals surface area contributed by atoms with Gasteiger partial charge < -0.3 is 4.42 Å². The third-order valence-electron chi connectivity index (χ3n) is 1.88. The smallest absolute Gasteiger partial charge is 0.306 e. The van der Waals surface area contributed by atoms with E-state index in [9.17, 15) is 0 Å². The van der Waals surface area contributed by atoms with Crippen LogP contribution in [0.1, 0.15) is 31.2 Å². The molecule has 0 N–H and O–H groups in total. The van der Waals surface area contributed by atoms with E-state index in [1.807, 2.05) is 23.7 Å². The average molecular weight is 164 g/mol. The Bertz CT molecular complexity index is 366. The Labute approximate surface area is 71.0 Å². The fourth-order valence-electron chi connectivity index (χ4n) is 1.21. The van der Waals surface area contributed by atoms with Crippen LogP contribution in [0.5, 0.6) is 0 Å². The zero-order valence-electron chi connectivity index (χ0n) is 7.53. The number of hydrogen-bond donors (Lipinski definition) is 0. The van der Waals surface area contributed by atoms with Crippen molar-refractivity contribution in [3.8, 4) is 0 Å². The predicted molar refractivity (Wildman–Crippen MR) is 46.3 cm³/mol. The molecule has 0 spiro atoms. The summed E-state index contributed by atoms with van der Waals surface area (Å²) in [6.45, 7) is 6.16. The summed E-state index contributed by atoms with van der Waals surface area (Å²) in [6.07, 6.45) is 3.95. The van der Waals surface area contributed by atoms with E-state index in [0.29, 0.717) is 11.8 Å². The van der Waals surface area contributed by atoms with E-state index >= 15 is 0 Å². The van der Waals surface area contributed by atoms with Crippen molar-refractivity contribution in [2.45, 2.75) is 26.7 Å². The van der Waals surface area contributed by atoms with Gasteiger partial charge in [-0.3, -0.25) is 4.40 Å². The van der Waals surface area contributed by atoms with Gasteiger partial charge in [-0.2, -0.15) is 4.98 Å². The van der Waals surface area contributed by atoms with Gasteiger partial charge in [0, 0.05) is 6.20 Å². The molecule has 2 rings (SSSR count). The normalized spacial score (nSPS) is 11.7. The van der Waals surface area contributed by atoms with Gasteiger partial charge in [0.2, 0.25) is 0 Å². The maximum Gasteiger partial charge on any atom is 0.306 e. The van der Waals surface area contributed by atoms with Crippen LogP contribution in [0, 0.1) is 6.92 Å². The fraction of sp³-hybridized carbons (Fsp3) is 0.444. The summed E-state index contributed by atoms with van der Waals surface area (Å²) in [4.78, 5) is 4.33. The maximum absolute atomic E-state index is 5.35. The molecule has 3 nitrogen and oxygen atoms in total. The molecular weight excluding hydrogens is 152 g/mol. The number of aryl methyl sites for hydroxylation is 1. The van der Waals surface area contributed by atoms with Crippen LogP contribution < -0.4 is 0 Å². The van der Waals surface area contributed by atoms with Gasteiger partial charge in [0.25, 0.3) is 0 Å². The molecular formula is C9H12N2O. The average Bonchev–Trinajstić information content (AvgIpc) is 2.42. The van der Waals surface area contributed by atoms with Crippen molar-refractivity contribution >= 4 is 5.84 Å². The third-order valence-corrected chi connectivity index (χ3v) is 1.88. The van der Waals surface area contributed by atoms with Crippen LogP contribution in [0.25, 0.3) is 5.84 Å². The van der Waals surface area contributed by atoms with E-state index in [-0.39, 0.29) is 0 Å². The Kier molecular flexibility index (Phi) is 1.46. The van der Waals surface area contributed by atoms with Crippen LogP contribution in [0.15, 0.2) is 16.8 Å². The Balaban J connectivity index is 2.57. The Morgan fingerprint density at radius 2 is 2.17 bits per heavy atom. The number of nitrogens with zero attached hydrogens (tertiary/aromatic N) is 2. The topological polar surface area (TPSA) is 30.4 Å². The lowest BCUT2D eigenvalue weighted by molar-refractivity contribution is 0.561. The second-order valence-corrected chi connectivity index (χ2v) is 3.35. The van der Waals surface area contributed by atoms with Gasteiger partial charge in [-0.1, -0.05) is 13.8 Å². The molecule has 0 saturated carbocycles. The molecule has 0 fully saturated rings. The standard InChI is InChI=1S/C9H12N2O/c1-6(2)8-5-11-4-7(3)12-9(11)10-8/h4-6H,1-3H3. The number of hydrogen-bond acceptors (Lipinski definition) is 2. The lowest BCUT2D eigenvalue weighted by Crippen LogP contribution is -1.85. The molecule has 0 aliphatic rings. The molecule has 3 heteroatoms. The fourth-order valence-corrected chi connectivity index (χ4v) is 1.21. The summed E-state index contributed by atoms with van der Waals surface area (Å²) in [6, 6.07) is 0. The molecule has 2 heterocycles. The largest absolute Gasteiger partial charge is 0.429 e. The molecule has 0 aliphatic carbocycles. The molecule has 64 valence electrons. The number of imidazole rings is 1. The number of fused-ring (bicyclic) bond motifs is 1. The van der Waals surface area contributed by atoms with E-state index in [4.69, 9.17) is 4.42 Å². The van der Waals surface area contributed by atoms with Crippen molar-refractivity contribution in [3.63, 3.8) is 0 Å². The van der Waals surface area contributed by atoms with E-state index in [1.54, 1.807) is 0 Å². The van der Waals surface area contributed by atoms with Gasteiger partial charge >= 0.3 is 5.84 Å². The first-order valence-electron chi connectivity index (χ1n) is 4.12. The molecule has 12 heavy (non-hydrogen) atoms. The van der Waals surface area contributed by atoms with Crippen molar-refractivity contribution in [2.75, 3.05) is 0 Å². The highest BCUT2D eigenvalue weighted by atomic mass is 16.4. The van der Waals surface area contributed by atoms with Crippen molar-refractivity contribution < 1.29 is 4.42 Å². The lowest BCUT2D eigenvalue weighted by atomic mass is 10.2. The molecule has 0 unspecified atom stereocenters. The van der Waals surface area contributed by atoms with E-state index < -0.39 is 0 Å². The zero-order valence-corrected chi connectivity index (χ0v) is 7.53. The first-order valence-corrected chi connectivity index (χ1v) is 4.12. The minimum absolute atomic E-state index is 0.459. The summed E-state index contributed by atoms with van der Waals surface area (Å²) in [5.74, 6) is 2.05. The molecule has 0 aromatic carbocycles. The molecule has 0 radical (unpaired) electrons. The summed E-state index contributed by atoms with van der Waals surface area (Å²) in [5.41, 5.74) is 1.08. The summed E-state index contributed by atoms with van der Waals surface area (Å²) < 4.78 is 7.27. The van der Waals surface area contributed by atoms with Gasteiger partial charge in [-0.05, 0) is 12.8 Å². The van der Waals surface area contributed by atoms with Gasteiger partial charge in [-0.25, -0.2) is 0 Å². The van der Waals surface area contributed by atoms with Crippen molar-refractivity contribution in [1.82, 2.24) is 9.38 Å². The van der Waals surface area contributed by atoms with Crippen LogP contribution in [-0.2, 0) is 0 Å². The van der Waals surface area contributed by atoms with Crippen molar-refractivity contribution in [1.29, 1.82) is 0 Å². The molecule has 0 bridgehead atoms. The van der Waals surface area contributed by atoms with E-state index in [1.165, 1.54) is 0 Å². The van der Waals surface area contributed by atoms with Crippen LogP contribution >= 0.6 is 0 Å². The minimum atomic E-state index is 0.459. The Morgan fingerprint density at radius 1 is 1.42 bits per heavy atom. The zero-order chi connectivity index (χ0) is 8.72. The van der Waals surface area contributed by atoms with Gasteiger partial charge in [0.1, 0.15) is 5.76 Å². The quantitative estimate of drug-likeness (QED) is 0.647. The molecule has 0 atom stereocenters. The number of oxazole rings is 1. The number of rotatable bonds is 1. The first-order chi connectivity index (χ1) is 5.66. The third kappa shape index (κ3) is 1.02. The number of aromatic nitrogens is 2. The Morgan fingerprint density at radius 3 is 2.75 bits per heavy atom. The minimum Gasteiger partial charge on any atom is -0.429 e. The molecule has 2 aromatic rings. The second kappa shape index (κ2) is 2.37. The van der Waals surface area contributed by atoms with Gasteiger partial charge in [0.05, 0.1) is 11.9 Å². The molecule has 0 aliphatic heterocycles. The summed E-state index contributed by atoms with van der Waals surface area (Å²) in [7, 11) is 0. The van der Waals surface area contributed by atoms with Crippen LogP contribution in [0.4, 0.5) is 0 Å². The maximum atomic E-state index is 5.35. The lowest BCUT2D eigenvalue weighted by Gasteiger charge is -1.94. The highest BCUT2D eigenvalue weighted by Gasteiger charge is 2.07. The predicted octanol–water partition coefficient (Wildman–Crippen LogP) is 2.36. The van der Waals surface area contributed by atoms with Crippen LogP contribution in [0.2, 0.25) is 0 Å². The summed E-state index contributed by atoms with van der Waals surface area (Å²) >= 11 is 0.